The van der Waals surface area contributed by atoms with E-state index in [0.29, 0.717) is 23.0 Å². The van der Waals surface area contributed by atoms with Crippen LogP contribution < -0.4 is 10.2 Å². The number of carbonyl (C=O) groups is 2. The topological polar surface area (TPSA) is 76.5 Å². The number of rotatable bonds is 7. The Morgan fingerprint density at radius 1 is 1.27 bits per heavy atom. The van der Waals surface area contributed by atoms with Crippen LogP contribution in [0.2, 0.25) is 0 Å². The van der Waals surface area contributed by atoms with E-state index in [1.165, 1.54) is 6.20 Å². The Bertz CT molecular complexity index is 766. The maximum atomic E-state index is 12.0. The second-order valence-corrected chi connectivity index (χ2v) is 6.32. The predicted molar refractivity (Wildman–Crippen MR) is 101 cm³/mol. The highest BCUT2D eigenvalue weighted by molar-refractivity contribution is 5.95. The lowest BCUT2D eigenvalue weighted by molar-refractivity contribution is -0.119. The van der Waals surface area contributed by atoms with E-state index in [0.717, 1.165) is 12.2 Å². The van der Waals surface area contributed by atoms with Crippen molar-refractivity contribution in [3.8, 4) is 0 Å². The molecule has 7 nitrogen and oxygen atoms in total. The largest absolute Gasteiger partial charge is 0.452 e. The molecule has 2 rings (SSSR count). The van der Waals surface area contributed by atoms with E-state index < -0.39 is 5.97 Å². The van der Waals surface area contributed by atoms with Crippen molar-refractivity contribution in [2.45, 2.75) is 33.7 Å². The molecule has 1 aromatic carbocycles. The zero-order valence-electron chi connectivity index (χ0n) is 15.9. The number of aryl methyl sites for hydroxylation is 1. The summed E-state index contributed by atoms with van der Waals surface area (Å²) in [6.07, 6.45) is 1.43. The van der Waals surface area contributed by atoms with Crippen molar-refractivity contribution in [1.29, 1.82) is 0 Å². The summed E-state index contributed by atoms with van der Waals surface area (Å²) in [5, 5.41) is 6.71. The lowest BCUT2D eigenvalue weighted by Gasteiger charge is -2.27. The number of anilines is 2. The summed E-state index contributed by atoms with van der Waals surface area (Å²) >= 11 is 0. The van der Waals surface area contributed by atoms with Gasteiger partial charge in [-0.25, -0.2) is 4.79 Å². The summed E-state index contributed by atoms with van der Waals surface area (Å²) in [6.45, 7) is 8.71. The van der Waals surface area contributed by atoms with Crippen LogP contribution in [0.25, 0.3) is 0 Å². The monoisotopic (exact) mass is 358 g/mol. The van der Waals surface area contributed by atoms with Crippen LogP contribution in [0.1, 0.15) is 36.8 Å². The minimum atomic E-state index is -0.559. The zero-order valence-corrected chi connectivity index (χ0v) is 15.9. The van der Waals surface area contributed by atoms with Crippen LogP contribution in [-0.2, 0) is 16.6 Å². The molecular formula is C19H26N4O3. The molecule has 0 bridgehead atoms. The molecule has 1 amide bonds. The molecule has 0 fully saturated rings. The van der Waals surface area contributed by atoms with Gasteiger partial charge in [-0.05, 0) is 52.0 Å². The maximum Gasteiger partial charge on any atom is 0.342 e. The first-order valence-corrected chi connectivity index (χ1v) is 8.65. The molecule has 1 aromatic heterocycles. The summed E-state index contributed by atoms with van der Waals surface area (Å²) in [6, 6.07) is 8.00. The predicted octanol–water partition coefficient (Wildman–Crippen LogP) is 2.76. The van der Waals surface area contributed by atoms with Crippen molar-refractivity contribution in [1.82, 2.24) is 9.78 Å². The molecule has 2 aromatic rings. The first kappa shape index (κ1) is 19.5. The van der Waals surface area contributed by atoms with Gasteiger partial charge in [0.1, 0.15) is 5.56 Å². The molecule has 0 saturated heterocycles. The van der Waals surface area contributed by atoms with Crippen molar-refractivity contribution in [2.24, 2.45) is 7.05 Å². The fraction of sp³-hybridized carbons (Fsp3) is 0.421. The molecule has 7 heteroatoms. The lowest BCUT2D eigenvalue weighted by Crippen LogP contribution is -2.30. The smallest absolute Gasteiger partial charge is 0.342 e. The van der Waals surface area contributed by atoms with Gasteiger partial charge in [0.05, 0.1) is 6.20 Å². The first-order valence-electron chi connectivity index (χ1n) is 8.65. The third-order valence-electron chi connectivity index (χ3n) is 4.24. The number of nitrogens with one attached hydrogen (secondary N) is 1. The van der Waals surface area contributed by atoms with Crippen molar-refractivity contribution < 1.29 is 14.3 Å². The van der Waals surface area contributed by atoms with E-state index in [-0.39, 0.29) is 12.5 Å². The molecule has 0 saturated carbocycles. The molecular weight excluding hydrogens is 332 g/mol. The highest BCUT2D eigenvalue weighted by Crippen LogP contribution is 2.19. The molecule has 0 aliphatic rings. The molecule has 0 spiro atoms. The van der Waals surface area contributed by atoms with Crippen LogP contribution in [0.15, 0.2) is 30.5 Å². The molecule has 0 unspecified atom stereocenters. The maximum absolute atomic E-state index is 12.0. The highest BCUT2D eigenvalue weighted by Gasteiger charge is 2.16. The third-order valence-corrected chi connectivity index (χ3v) is 4.24. The van der Waals surface area contributed by atoms with Gasteiger partial charge in [-0.1, -0.05) is 0 Å². The molecule has 0 radical (unpaired) electrons. The quantitative estimate of drug-likeness (QED) is 0.770. The van der Waals surface area contributed by atoms with E-state index >= 15 is 0 Å². The van der Waals surface area contributed by atoms with Crippen molar-refractivity contribution in [2.75, 3.05) is 23.4 Å². The van der Waals surface area contributed by atoms with E-state index in [9.17, 15) is 9.59 Å². The van der Waals surface area contributed by atoms with Crippen LogP contribution in [0.5, 0.6) is 0 Å². The molecule has 1 heterocycles. The zero-order chi connectivity index (χ0) is 19.3. The van der Waals surface area contributed by atoms with Crippen molar-refractivity contribution in [3.63, 3.8) is 0 Å². The van der Waals surface area contributed by atoms with Crippen LogP contribution in [0.3, 0.4) is 0 Å². The van der Waals surface area contributed by atoms with Crippen LogP contribution in [0, 0.1) is 6.92 Å². The average molecular weight is 358 g/mol. The van der Waals surface area contributed by atoms with E-state index in [1.807, 2.05) is 24.3 Å². The second kappa shape index (κ2) is 8.51. The van der Waals surface area contributed by atoms with Crippen molar-refractivity contribution >= 4 is 23.3 Å². The number of hydrogen-bond acceptors (Lipinski definition) is 5. The standard InChI is InChI=1S/C19H26N4O3/c1-6-23(13(2)3)16-9-7-15(8-10-16)21-18(24)12-26-19(25)17-11-20-22(5)14(17)4/h7-11,13H,6,12H2,1-5H3,(H,21,24). The van der Waals surface area contributed by atoms with E-state index in [1.54, 1.807) is 18.7 Å². The Morgan fingerprint density at radius 2 is 1.92 bits per heavy atom. The molecule has 0 atom stereocenters. The number of ether oxygens (including phenoxy) is 1. The van der Waals surface area contributed by atoms with E-state index in [4.69, 9.17) is 4.74 Å². The Labute approximate surface area is 153 Å². The average Bonchev–Trinajstić information content (AvgIpc) is 2.94. The number of nitrogens with zero attached hydrogens (tertiary/aromatic N) is 3. The van der Waals surface area contributed by atoms with Gasteiger partial charge in [0.25, 0.3) is 5.91 Å². The number of esters is 1. The summed E-state index contributed by atoms with van der Waals surface area (Å²) in [5.41, 5.74) is 2.81. The number of carbonyl (C=O) groups excluding carboxylic acids is 2. The Kier molecular flexibility index (Phi) is 6.38. The minimum absolute atomic E-state index is 0.345. The van der Waals surface area contributed by atoms with Gasteiger partial charge in [-0.15, -0.1) is 0 Å². The summed E-state index contributed by atoms with van der Waals surface area (Å²) < 4.78 is 6.63. The Balaban J connectivity index is 1.89. The minimum Gasteiger partial charge on any atom is -0.452 e. The van der Waals surface area contributed by atoms with Gasteiger partial charge >= 0.3 is 5.97 Å². The van der Waals surface area contributed by atoms with E-state index in [2.05, 4.69) is 36.1 Å². The van der Waals surface area contributed by atoms with Crippen LogP contribution in [-0.4, -0.2) is 40.9 Å². The second-order valence-electron chi connectivity index (χ2n) is 6.32. The lowest BCUT2D eigenvalue weighted by atomic mass is 10.2. The number of hydrogen-bond donors (Lipinski definition) is 1. The normalized spacial score (nSPS) is 10.7. The molecule has 26 heavy (non-hydrogen) atoms. The van der Waals surface area contributed by atoms with Gasteiger partial charge in [0.2, 0.25) is 0 Å². The fourth-order valence-electron chi connectivity index (χ4n) is 2.69. The molecule has 0 aliphatic carbocycles. The number of benzene rings is 1. The van der Waals surface area contributed by atoms with Gasteiger partial charge in [-0.3, -0.25) is 9.48 Å². The van der Waals surface area contributed by atoms with Gasteiger partial charge in [0.15, 0.2) is 6.61 Å². The first-order chi connectivity index (χ1) is 12.3. The SMILES string of the molecule is CCN(c1ccc(NC(=O)COC(=O)c2cnn(C)c2C)cc1)C(C)C. The van der Waals surface area contributed by atoms with Crippen LogP contribution >= 0.6 is 0 Å². The summed E-state index contributed by atoms with van der Waals surface area (Å²) in [5.74, 6) is -0.944. The summed E-state index contributed by atoms with van der Waals surface area (Å²) in [4.78, 5) is 26.2. The number of amides is 1. The van der Waals surface area contributed by atoms with Gasteiger partial charge in [0, 0.05) is 36.7 Å². The Hall–Kier alpha value is -2.83. The molecule has 0 aliphatic heterocycles. The van der Waals surface area contributed by atoms with Crippen molar-refractivity contribution in [3.05, 3.63) is 41.7 Å². The van der Waals surface area contributed by atoms with Gasteiger partial charge < -0.3 is 15.0 Å². The van der Waals surface area contributed by atoms with Crippen LogP contribution in [0.4, 0.5) is 11.4 Å². The Morgan fingerprint density at radius 3 is 2.42 bits per heavy atom. The highest BCUT2D eigenvalue weighted by atomic mass is 16.5. The molecule has 140 valence electrons. The number of aromatic nitrogens is 2. The van der Waals surface area contributed by atoms with Gasteiger partial charge in [-0.2, -0.15) is 5.10 Å². The summed E-state index contributed by atoms with van der Waals surface area (Å²) in [7, 11) is 1.74. The molecule has 1 N–H and O–H groups in total. The third kappa shape index (κ3) is 4.62. The fourth-order valence-corrected chi connectivity index (χ4v) is 2.69.